The largest absolute Gasteiger partial charge is 0.518 e. The second-order valence-corrected chi connectivity index (χ2v) is 4.70. The van der Waals surface area contributed by atoms with E-state index >= 15 is 0 Å². The van der Waals surface area contributed by atoms with Crippen LogP contribution in [0.2, 0.25) is 0 Å². The van der Waals surface area contributed by atoms with E-state index in [2.05, 4.69) is 18.3 Å². The normalized spacial score (nSPS) is 13.4. The quantitative estimate of drug-likeness (QED) is 0.411. The van der Waals surface area contributed by atoms with Crippen LogP contribution in [0.4, 0.5) is 0 Å². The van der Waals surface area contributed by atoms with Gasteiger partial charge >= 0.3 is 29.7 Å². The third kappa shape index (κ3) is 14.4. The first-order valence-electron chi connectivity index (χ1n) is 7.82. The first kappa shape index (κ1) is 24.0. The molecule has 1 aromatic heterocycles. The summed E-state index contributed by atoms with van der Waals surface area (Å²) in [6, 6.07) is 4.03. The molecule has 0 saturated carbocycles. The maximum absolute atomic E-state index is 10.0. The average molecular weight is 392 g/mol. The molecule has 0 N–H and O–H groups in total. The van der Waals surface area contributed by atoms with Gasteiger partial charge in [-0.2, -0.15) is 10.5 Å². The maximum atomic E-state index is 10.0. The van der Waals surface area contributed by atoms with Crippen molar-refractivity contribution in [2.24, 2.45) is 0 Å². The Bertz CT molecular complexity index is 758. The number of unbranched alkanes of at least 4 members (excludes halogenated alkanes) is 3. The first-order chi connectivity index (χ1) is 13.4. The highest BCUT2D eigenvalue weighted by molar-refractivity contribution is 6.04. The zero-order valence-corrected chi connectivity index (χ0v) is 14.6. The Morgan fingerprint density at radius 3 is 1.36 bits per heavy atom. The number of nitrogens with zero attached hydrogens (tertiary/aromatic N) is 2. The van der Waals surface area contributed by atoms with Crippen LogP contribution in [0.1, 0.15) is 38.5 Å². The molecule has 28 heavy (non-hydrogen) atoms. The number of carbonyl (C=O) groups excluding carboxylic acids is 4. The van der Waals surface area contributed by atoms with E-state index in [-0.39, 0.29) is 12.8 Å². The van der Waals surface area contributed by atoms with Gasteiger partial charge in [0.25, 0.3) is 0 Å². The molecule has 0 atom stereocenters. The summed E-state index contributed by atoms with van der Waals surface area (Å²) in [5.74, 6) is -2.61. The van der Waals surface area contributed by atoms with Crippen molar-refractivity contribution in [1.82, 2.24) is 0 Å². The van der Waals surface area contributed by atoms with E-state index in [9.17, 15) is 24.0 Å². The summed E-state index contributed by atoms with van der Waals surface area (Å²) in [5, 5.41) is 16.1. The molecule has 0 aromatic carbocycles. The zero-order chi connectivity index (χ0) is 21.2. The highest BCUT2D eigenvalue weighted by atomic mass is 16.6. The summed E-state index contributed by atoms with van der Waals surface area (Å²) in [5.41, 5.74) is 0. The fraction of sp³-hybridized carbons (Fsp3) is 0.353. The molecule has 11 heteroatoms. The molecule has 11 nitrogen and oxygen atoms in total. The van der Waals surface area contributed by atoms with Crippen LogP contribution in [0.25, 0.3) is 0 Å². The highest BCUT2D eigenvalue weighted by Crippen LogP contribution is 2.03. The fourth-order valence-corrected chi connectivity index (χ4v) is 1.34. The van der Waals surface area contributed by atoms with Crippen LogP contribution in [0.15, 0.2) is 38.3 Å². The van der Waals surface area contributed by atoms with Crippen LogP contribution in [-0.4, -0.2) is 23.9 Å². The predicted octanol–water partition coefficient (Wildman–Crippen LogP) is 1.30. The lowest BCUT2D eigenvalue weighted by Crippen LogP contribution is -1.96. The van der Waals surface area contributed by atoms with E-state index in [4.69, 9.17) is 10.5 Å². The summed E-state index contributed by atoms with van der Waals surface area (Å²) in [7, 11) is 0. The van der Waals surface area contributed by atoms with E-state index in [0.717, 1.165) is 25.0 Å². The first-order valence-corrected chi connectivity index (χ1v) is 7.82. The molecule has 0 unspecified atom stereocenters. The lowest BCUT2D eigenvalue weighted by molar-refractivity contribution is -0.153. The molecule has 3 heterocycles. The van der Waals surface area contributed by atoms with E-state index in [0.29, 0.717) is 12.8 Å². The van der Waals surface area contributed by atoms with Crippen molar-refractivity contribution in [3.05, 3.63) is 35.3 Å². The van der Waals surface area contributed by atoms with E-state index < -0.39 is 29.7 Å². The number of esters is 4. The van der Waals surface area contributed by atoms with Crippen molar-refractivity contribution >= 4 is 23.9 Å². The predicted molar refractivity (Wildman–Crippen MR) is 87.5 cm³/mol. The van der Waals surface area contributed by atoms with Gasteiger partial charge in [-0.25, -0.2) is 14.4 Å². The minimum absolute atomic E-state index is 0.263. The van der Waals surface area contributed by atoms with Crippen LogP contribution in [-0.2, 0) is 28.7 Å². The summed E-state index contributed by atoms with van der Waals surface area (Å²) in [4.78, 5) is 49.6. The molecule has 0 spiro atoms. The minimum atomic E-state index is -0.657. The number of carbonyl (C=O) groups is 4. The highest BCUT2D eigenvalue weighted by Gasteiger charge is 2.19. The van der Waals surface area contributed by atoms with Gasteiger partial charge in [0, 0.05) is 25.0 Å². The van der Waals surface area contributed by atoms with Gasteiger partial charge in [-0.1, -0.05) is 0 Å². The van der Waals surface area contributed by atoms with Gasteiger partial charge in [-0.15, -0.1) is 0 Å². The van der Waals surface area contributed by atoms with Crippen molar-refractivity contribution < 1.29 is 37.5 Å². The topological polar surface area (TPSA) is 178 Å². The van der Waals surface area contributed by atoms with Gasteiger partial charge in [0.2, 0.25) is 0 Å². The Balaban J connectivity index is 0.000000348. The second-order valence-electron chi connectivity index (χ2n) is 4.70. The number of rotatable bonds is 3. The Morgan fingerprint density at radius 2 is 1.18 bits per heavy atom. The van der Waals surface area contributed by atoms with Crippen molar-refractivity contribution in [2.45, 2.75) is 38.5 Å². The van der Waals surface area contributed by atoms with E-state index in [1.165, 1.54) is 12.5 Å². The SMILES string of the molecule is N#CCCCCC#N.O=C1C=CC(=O)O1.O=C1CCC(=O)O1.O=c1occo1. The van der Waals surface area contributed by atoms with Crippen LogP contribution in [0.5, 0.6) is 0 Å². The molecule has 1 fully saturated rings. The van der Waals surface area contributed by atoms with Gasteiger partial charge in [0.15, 0.2) is 0 Å². The molecule has 0 aliphatic carbocycles. The number of hydrogen-bond acceptors (Lipinski definition) is 11. The average Bonchev–Trinajstić information content (AvgIpc) is 3.38. The van der Waals surface area contributed by atoms with Gasteiger partial charge in [-0.05, 0) is 12.8 Å². The molecule has 2 aliphatic rings. The Kier molecular flexibility index (Phi) is 13.1. The molecular weight excluding hydrogens is 376 g/mol. The van der Waals surface area contributed by atoms with Crippen LogP contribution in [0.3, 0.4) is 0 Å². The fourth-order valence-electron chi connectivity index (χ4n) is 1.34. The molecule has 2 aliphatic heterocycles. The smallest absolute Gasteiger partial charge is 0.399 e. The van der Waals surface area contributed by atoms with E-state index in [1.54, 1.807) is 0 Å². The molecule has 0 bridgehead atoms. The monoisotopic (exact) mass is 392 g/mol. The molecule has 0 amide bonds. The summed E-state index contributed by atoms with van der Waals surface area (Å²) >= 11 is 0. The third-order valence-electron chi connectivity index (χ3n) is 2.53. The van der Waals surface area contributed by atoms with Gasteiger partial charge in [0.1, 0.15) is 12.5 Å². The van der Waals surface area contributed by atoms with Crippen LogP contribution >= 0.6 is 0 Å². The summed E-state index contributed by atoms with van der Waals surface area (Å²) in [6.45, 7) is 0. The Labute approximate surface area is 158 Å². The Morgan fingerprint density at radius 1 is 0.750 bits per heavy atom. The molecule has 148 valence electrons. The van der Waals surface area contributed by atoms with Crippen molar-refractivity contribution in [3.63, 3.8) is 0 Å². The van der Waals surface area contributed by atoms with Crippen molar-refractivity contribution in [2.75, 3.05) is 0 Å². The van der Waals surface area contributed by atoms with Crippen LogP contribution in [0, 0.1) is 22.7 Å². The summed E-state index contributed by atoms with van der Waals surface area (Å²) in [6.07, 6.45) is 7.96. The summed E-state index contributed by atoms with van der Waals surface area (Å²) < 4.78 is 16.3. The number of ether oxygens (including phenoxy) is 2. The number of hydrogen-bond donors (Lipinski definition) is 0. The molecular formula is C17H16N2O9. The maximum Gasteiger partial charge on any atom is 0.518 e. The van der Waals surface area contributed by atoms with Crippen molar-refractivity contribution in [1.29, 1.82) is 10.5 Å². The number of nitriles is 2. The molecule has 0 radical (unpaired) electrons. The lowest BCUT2D eigenvalue weighted by Gasteiger charge is -1.83. The second kappa shape index (κ2) is 15.3. The van der Waals surface area contributed by atoms with Gasteiger partial charge < -0.3 is 18.3 Å². The van der Waals surface area contributed by atoms with Crippen LogP contribution < -0.4 is 5.82 Å². The van der Waals surface area contributed by atoms with Gasteiger partial charge in [-0.3, -0.25) is 9.59 Å². The standard InChI is InChI=1S/C6H8N2.C4H4O3.C4H2O3.C3H2O3/c7-5-3-1-2-4-6-8;2*5-3-1-2-4(6)7-3;4-3-5-1-2-6-3/h1-4H2;1-2H2;1-2H;1-2H. The third-order valence-corrected chi connectivity index (χ3v) is 2.53. The molecule has 3 rings (SSSR count). The lowest BCUT2D eigenvalue weighted by atomic mass is 10.2. The van der Waals surface area contributed by atoms with Gasteiger partial charge in [0.05, 0.1) is 25.0 Å². The van der Waals surface area contributed by atoms with E-state index in [1.807, 2.05) is 12.1 Å². The Hall–Kier alpha value is -3.99. The van der Waals surface area contributed by atoms with Crippen molar-refractivity contribution in [3.8, 4) is 12.1 Å². The molecule has 1 saturated heterocycles. The molecule has 1 aromatic rings. The number of cyclic esters (lactones) is 4. The minimum Gasteiger partial charge on any atom is -0.399 e. The zero-order valence-electron chi connectivity index (χ0n) is 14.6.